The van der Waals surface area contributed by atoms with Gasteiger partial charge in [0.1, 0.15) is 12.4 Å². The second kappa shape index (κ2) is 11.6. The van der Waals surface area contributed by atoms with Crippen LogP contribution in [0, 0.1) is 0 Å². The Morgan fingerprint density at radius 3 is 2.35 bits per heavy atom. The SMILES string of the molecule is Cn1ccc2ccc(/C=C/C(=O)CC(=O)/C=C/c3ccc(OCCN4CCOCC4)cc3)cc21. The quantitative estimate of drug-likeness (QED) is 0.338. The maximum Gasteiger partial charge on any atom is 0.163 e. The third-order valence-corrected chi connectivity index (χ3v) is 5.84. The molecule has 6 heteroatoms. The average molecular weight is 459 g/mol. The van der Waals surface area contributed by atoms with Gasteiger partial charge in [0.15, 0.2) is 11.6 Å². The molecule has 6 nitrogen and oxygen atoms in total. The van der Waals surface area contributed by atoms with E-state index in [1.807, 2.05) is 66.3 Å². The Kier molecular flexibility index (Phi) is 8.07. The molecule has 176 valence electrons. The summed E-state index contributed by atoms with van der Waals surface area (Å²) in [7, 11) is 1.99. The molecule has 3 aromatic rings. The molecule has 34 heavy (non-hydrogen) atoms. The van der Waals surface area contributed by atoms with E-state index in [1.54, 1.807) is 12.2 Å². The molecule has 2 aromatic carbocycles. The van der Waals surface area contributed by atoms with E-state index >= 15 is 0 Å². The number of ether oxygens (including phenoxy) is 2. The van der Waals surface area contributed by atoms with Gasteiger partial charge in [-0.2, -0.15) is 0 Å². The first-order valence-corrected chi connectivity index (χ1v) is 11.6. The van der Waals surface area contributed by atoms with E-state index < -0.39 is 0 Å². The van der Waals surface area contributed by atoms with Crippen LogP contribution in [0.1, 0.15) is 17.5 Å². The Labute approximate surface area is 200 Å². The Morgan fingerprint density at radius 1 is 0.941 bits per heavy atom. The molecule has 0 N–H and O–H groups in total. The predicted octanol–water partition coefficient (Wildman–Crippen LogP) is 4.14. The number of carbonyl (C=O) groups excluding carboxylic acids is 2. The smallest absolute Gasteiger partial charge is 0.163 e. The van der Waals surface area contributed by atoms with Gasteiger partial charge in [-0.05, 0) is 52.9 Å². The van der Waals surface area contributed by atoms with Crippen molar-refractivity contribution in [1.29, 1.82) is 0 Å². The van der Waals surface area contributed by atoms with E-state index in [9.17, 15) is 9.59 Å². The number of fused-ring (bicyclic) bond motifs is 1. The maximum atomic E-state index is 12.2. The number of rotatable bonds is 10. The van der Waals surface area contributed by atoms with Crippen molar-refractivity contribution in [2.75, 3.05) is 39.5 Å². The van der Waals surface area contributed by atoms with Crippen LogP contribution in [0.2, 0.25) is 0 Å². The molecule has 0 bridgehead atoms. The van der Waals surface area contributed by atoms with Gasteiger partial charge in [-0.15, -0.1) is 0 Å². The van der Waals surface area contributed by atoms with Crippen molar-refractivity contribution in [1.82, 2.24) is 9.47 Å². The van der Waals surface area contributed by atoms with Crippen LogP contribution >= 0.6 is 0 Å². The van der Waals surface area contributed by atoms with Crippen molar-refractivity contribution < 1.29 is 19.1 Å². The minimum absolute atomic E-state index is 0.151. The van der Waals surface area contributed by atoms with E-state index in [4.69, 9.17) is 9.47 Å². The van der Waals surface area contributed by atoms with Crippen molar-refractivity contribution in [3.8, 4) is 5.75 Å². The lowest BCUT2D eigenvalue weighted by molar-refractivity contribution is -0.121. The Hall–Kier alpha value is -3.48. The second-order valence-corrected chi connectivity index (χ2v) is 8.39. The number of carbonyl (C=O) groups is 2. The molecule has 1 aliphatic heterocycles. The molecule has 1 fully saturated rings. The molecule has 0 amide bonds. The summed E-state index contributed by atoms with van der Waals surface area (Å²) in [6, 6.07) is 15.6. The summed E-state index contributed by atoms with van der Waals surface area (Å²) in [5.41, 5.74) is 2.91. The first-order chi connectivity index (χ1) is 16.6. The van der Waals surface area contributed by atoms with Crippen molar-refractivity contribution in [3.63, 3.8) is 0 Å². The summed E-state index contributed by atoms with van der Waals surface area (Å²) >= 11 is 0. The van der Waals surface area contributed by atoms with Crippen molar-refractivity contribution in [3.05, 3.63) is 78.0 Å². The molecule has 0 unspecified atom stereocenters. The molecule has 1 saturated heterocycles. The second-order valence-electron chi connectivity index (χ2n) is 8.39. The first-order valence-electron chi connectivity index (χ1n) is 11.6. The van der Waals surface area contributed by atoms with Crippen LogP contribution in [0.3, 0.4) is 0 Å². The highest BCUT2D eigenvalue weighted by Crippen LogP contribution is 2.18. The highest BCUT2D eigenvalue weighted by Gasteiger charge is 2.09. The number of nitrogens with zero attached hydrogens (tertiary/aromatic N) is 2. The molecule has 0 spiro atoms. The van der Waals surface area contributed by atoms with Gasteiger partial charge < -0.3 is 14.0 Å². The fraction of sp³-hybridized carbons (Fsp3) is 0.286. The lowest BCUT2D eigenvalue weighted by Crippen LogP contribution is -2.38. The van der Waals surface area contributed by atoms with E-state index in [1.165, 1.54) is 12.2 Å². The molecule has 4 rings (SSSR count). The van der Waals surface area contributed by atoms with Crippen LogP contribution in [-0.4, -0.2) is 60.5 Å². The monoisotopic (exact) mass is 458 g/mol. The summed E-state index contributed by atoms with van der Waals surface area (Å²) in [5, 5.41) is 1.15. The number of hydrogen-bond donors (Lipinski definition) is 0. The van der Waals surface area contributed by atoms with Crippen molar-refractivity contribution >= 4 is 34.6 Å². The van der Waals surface area contributed by atoms with Crippen molar-refractivity contribution in [2.45, 2.75) is 6.42 Å². The molecule has 0 aliphatic carbocycles. The lowest BCUT2D eigenvalue weighted by atomic mass is 10.1. The summed E-state index contributed by atoms with van der Waals surface area (Å²) in [6.45, 7) is 4.97. The Morgan fingerprint density at radius 2 is 1.62 bits per heavy atom. The molecule has 1 aromatic heterocycles. The first kappa shape index (κ1) is 23.7. The zero-order valence-electron chi connectivity index (χ0n) is 19.5. The summed E-state index contributed by atoms with van der Waals surface area (Å²) in [4.78, 5) is 26.7. The topological polar surface area (TPSA) is 60.8 Å². The van der Waals surface area contributed by atoms with Gasteiger partial charge in [-0.1, -0.05) is 36.4 Å². The number of benzene rings is 2. The van der Waals surface area contributed by atoms with Gasteiger partial charge in [-0.3, -0.25) is 14.5 Å². The summed E-state index contributed by atoms with van der Waals surface area (Å²) in [5.74, 6) is 0.356. The van der Waals surface area contributed by atoms with E-state index in [0.717, 1.165) is 60.6 Å². The van der Waals surface area contributed by atoms with Gasteiger partial charge >= 0.3 is 0 Å². The van der Waals surface area contributed by atoms with Gasteiger partial charge in [0.25, 0.3) is 0 Å². The largest absolute Gasteiger partial charge is 0.492 e. The fourth-order valence-corrected chi connectivity index (χ4v) is 3.84. The van der Waals surface area contributed by atoms with Crippen LogP contribution in [-0.2, 0) is 21.4 Å². The number of morpholine rings is 1. The number of ketones is 2. The zero-order valence-corrected chi connectivity index (χ0v) is 19.5. The van der Waals surface area contributed by atoms with Gasteiger partial charge in [-0.25, -0.2) is 0 Å². The van der Waals surface area contributed by atoms with Crippen LogP contribution < -0.4 is 4.74 Å². The maximum absolute atomic E-state index is 12.2. The van der Waals surface area contributed by atoms with E-state index in [0.29, 0.717) is 6.61 Å². The standard InChI is InChI=1S/C28H30N2O4/c1-29-13-12-24-7-2-23(20-28(24)29)4-9-26(32)21-25(31)8-3-22-5-10-27(11-6-22)34-19-16-30-14-17-33-18-15-30/h2-13,20H,14-19,21H2,1H3/b8-3+,9-4+. The van der Waals surface area contributed by atoms with Crippen molar-refractivity contribution in [2.24, 2.45) is 7.05 Å². The number of aromatic nitrogens is 1. The number of allylic oxidation sites excluding steroid dienone is 2. The molecule has 0 radical (unpaired) electrons. The minimum atomic E-state index is -0.224. The Balaban J connectivity index is 1.22. The van der Waals surface area contributed by atoms with Crippen LogP contribution in [0.4, 0.5) is 0 Å². The summed E-state index contributed by atoms with van der Waals surface area (Å²) < 4.78 is 13.2. The number of hydrogen-bond acceptors (Lipinski definition) is 5. The third kappa shape index (κ3) is 6.76. The van der Waals surface area contributed by atoms with Gasteiger partial charge in [0.05, 0.1) is 19.6 Å². The fourth-order valence-electron chi connectivity index (χ4n) is 3.84. The Bertz CT molecular complexity index is 1180. The minimum Gasteiger partial charge on any atom is -0.492 e. The predicted molar refractivity (Wildman–Crippen MR) is 135 cm³/mol. The average Bonchev–Trinajstić information content (AvgIpc) is 3.23. The molecule has 2 heterocycles. The molecular formula is C28H30N2O4. The zero-order chi connectivity index (χ0) is 23.8. The van der Waals surface area contributed by atoms with Crippen LogP contribution in [0.5, 0.6) is 5.75 Å². The molecule has 0 atom stereocenters. The molecule has 1 aliphatic rings. The summed E-state index contributed by atoms with van der Waals surface area (Å²) in [6.07, 6.45) is 8.25. The highest BCUT2D eigenvalue weighted by molar-refractivity contribution is 6.11. The normalized spacial score (nSPS) is 14.9. The van der Waals surface area contributed by atoms with E-state index in [-0.39, 0.29) is 18.0 Å². The molecular weight excluding hydrogens is 428 g/mol. The third-order valence-electron chi connectivity index (χ3n) is 5.84. The van der Waals surface area contributed by atoms with Gasteiger partial charge in [0.2, 0.25) is 0 Å². The van der Waals surface area contributed by atoms with Gasteiger partial charge in [0, 0.05) is 38.4 Å². The van der Waals surface area contributed by atoms with E-state index in [2.05, 4.69) is 4.90 Å². The molecule has 0 saturated carbocycles. The highest BCUT2D eigenvalue weighted by atomic mass is 16.5. The van der Waals surface area contributed by atoms with Crippen LogP contribution in [0.15, 0.2) is 66.9 Å². The van der Waals surface area contributed by atoms with Crippen LogP contribution in [0.25, 0.3) is 23.1 Å². The number of aryl methyl sites for hydroxylation is 1. The lowest BCUT2D eigenvalue weighted by Gasteiger charge is -2.26.